The van der Waals surface area contributed by atoms with Crippen molar-refractivity contribution in [3.63, 3.8) is 0 Å². The first-order chi connectivity index (χ1) is 11.2. The average Bonchev–Trinajstić information content (AvgIpc) is 3.25. The Bertz CT molecular complexity index is 937. The van der Waals surface area contributed by atoms with Gasteiger partial charge in [-0.1, -0.05) is 6.07 Å². The lowest BCUT2D eigenvalue weighted by molar-refractivity contribution is -0.120. The average molecular weight is 307 g/mol. The van der Waals surface area contributed by atoms with Gasteiger partial charge in [-0.2, -0.15) is 0 Å². The zero-order valence-corrected chi connectivity index (χ0v) is 12.3. The second kappa shape index (κ2) is 4.44. The standard InChI is InChI=1S/C17H13N3O3/c21-13-5-3-10-16(13)15(17-11(18-10)4-6-14(17)22)8-1-2-9-12(7-8)20-23-19-9/h1-2,7,15-16H,3-6H2. The summed E-state index contributed by atoms with van der Waals surface area (Å²) in [6, 6.07) is 5.62. The van der Waals surface area contributed by atoms with Gasteiger partial charge in [-0.15, -0.1) is 0 Å². The van der Waals surface area contributed by atoms with Gasteiger partial charge in [0, 0.05) is 35.7 Å². The third kappa shape index (κ3) is 1.72. The van der Waals surface area contributed by atoms with Crippen LogP contribution in [0.3, 0.4) is 0 Å². The van der Waals surface area contributed by atoms with E-state index in [2.05, 4.69) is 15.3 Å². The molecule has 0 saturated heterocycles. The molecule has 114 valence electrons. The molecule has 0 spiro atoms. The van der Waals surface area contributed by atoms with Crippen molar-refractivity contribution < 1.29 is 14.2 Å². The van der Waals surface area contributed by atoms with Crippen molar-refractivity contribution >= 4 is 28.3 Å². The number of ketones is 2. The summed E-state index contributed by atoms with van der Waals surface area (Å²) in [6.45, 7) is 0. The highest BCUT2D eigenvalue weighted by Gasteiger charge is 2.46. The number of nitrogens with zero attached hydrogens (tertiary/aromatic N) is 3. The lowest BCUT2D eigenvalue weighted by Crippen LogP contribution is -2.29. The van der Waals surface area contributed by atoms with Gasteiger partial charge in [-0.3, -0.25) is 14.6 Å². The van der Waals surface area contributed by atoms with Crippen LogP contribution in [0.1, 0.15) is 37.2 Å². The lowest BCUT2D eigenvalue weighted by Gasteiger charge is -2.28. The second-order valence-electron chi connectivity index (χ2n) is 6.32. The minimum Gasteiger partial charge on any atom is -0.299 e. The maximum absolute atomic E-state index is 12.4. The summed E-state index contributed by atoms with van der Waals surface area (Å²) in [6.07, 6.45) is 2.40. The second-order valence-corrected chi connectivity index (χ2v) is 6.32. The molecule has 0 amide bonds. The van der Waals surface area contributed by atoms with Crippen LogP contribution < -0.4 is 0 Å². The predicted molar refractivity (Wildman–Crippen MR) is 81.0 cm³/mol. The van der Waals surface area contributed by atoms with E-state index >= 15 is 0 Å². The topological polar surface area (TPSA) is 85.4 Å². The van der Waals surface area contributed by atoms with Gasteiger partial charge in [0.05, 0.1) is 5.92 Å². The molecule has 2 unspecified atom stereocenters. The highest BCUT2D eigenvalue weighted by Crippen LogP contribution is 2.47. The van der Waals surface area contributed by atoms with E-state index in [0.29, 0.717) is 36.7 Å². The molecule has 1 aliphatic heterocycles. The Morgan fingerprint density at radius 2 is 1.83 bits per heavy atom. The third-order valence-electron chi connectivity index (χ3n) is 5.09. The molecule has 1 aromatic carbocycles. The number of fused-ring (bicyclic) bond motifs is 2. The number of rotatable bonds is 1. The fourth-order valence-electron chi connectivity index (χ4n) is 4.07. The fraction of sp³-hybridized carbons (Fsp3) is 0.353. The Morgan fingerprint density at radius 3 is 2.74 bits per heavy atom. The van der Waals surface area contributed by atoms with E-state index in [-0.39, 0.29) is 23.4 Å². The number of aliphatic imine (C=N–C) groups is 1. The number of carbonyl (C=O) groups is 2. The van der Waals surface area contributed by atoms with Gasteiger partial charge < -0.3 is 0 Å². The minimum atomic E-state index is -0.298. The van der Waals surface area contributed by atoms with Crippen LogP contribution >= 0.6 is 0 Å². The van der Waals surface area contributed by atoms with E-state index in [1.807, 2.05) is 18.2 Å². The number of hydrogen-bond donors (Lipinski definition) is 0. The predicted octanol–water partition coefficient (Wildman–Crippen LogP) is 2.36. The quantitative estimate of drug-likeness (QED) is 0.807. The molecule has 1 aromatic heterocycles. The first kappa shape index (κ1) is 12.9. The maximum atomic E-state index is 12.4. The summed E-state index contributed by atoms with van der Waals surface area (Å²) >= 11 is 0. The summed E-state index contributed by atoms with van der Waals surface area (Å²) in [5.41, 5.74) is 4.77. The van der Waals surface area contributed by atoms with Crippen LogP contribution in [-0.4, -0.2) is 27.6 Å². The zero-order valence-electron chi connectivity index (χ0n) is 12.3. The van der Waals surface area contributed by atoms with Crippen LogP contribution in [0.5, 0.6) is 0 Å². The van der Waals surface area contributed by atoms with Crippen LogP contribution in [0.4, 0.5) is 0 Å². The summed E-state index contributed by atoms with van der Waals surface area (Å²) in [5.74, 6) is -0.235. The molecule has 2 heterocycles. The monoisotopic (exact) mass is 307 g/mol. The normalized spacial score (nSPS) is 26.7. The zero-order chi connectivity index (χ0) is 15.6. The van der Waals surface area contributed by atoms with Gasteiger partial charge in [-0.25, -0.2) is 4.63 Å². The van der Waals surface area contributed by atoms with Gasteiger partial charge in [0.25, 0.3) is 0 Å². The number of aromatic nitrogens is 2. The number of Topliss-reactive ketones (excluding diaryl/α,β-unsaturated/α-hetero) is 2. The summed E-state index contributed by atoms with van der Waals surface area (Å²) < 4.78 is 4.75. The Labute approximate surface area is 131 Å². The van der Waals surface area contributed by atoms with Crippen molar-refractivity contribution in [3.05, 3.63) is 35.0 Å². The van der Waals surface area contributed by atoms with Crippen molar-refractivity contribution in [2.75, 3.05) is 0 Å². The molecule has 0 N–H and O–H groups in total. The molecule has 0 radical (unpaired) electrons. The van der Waals surface area contributed by atoms with Crippen molar-refractivity contribution in [2.45, 2.75) is 31.6 Å². The van der Waals surface area contributed by atoms with Gasteiger partial charge >= 0.3 is 0 Å². The Balaban J connectivity index is 1.72. The number of hydrogen-bond acceptors (Lipinski definition) is 6. The van der Waals surface area contributed by atoms with Crippen LogP contribution in [0.25, 0.3) is 11.0 Å². The summed E-state index contributed by atoms with van der Waals surface area (Å²) in [5, 5.41) is 7.69. The van der Waals surface area contributed by atoms with E-state index < -0.39 is 0 Å². The largest absolute Gasteiger partial charge is 0.299 e. The Hall–Kier alpha value is -2.63. The molecule has 1 fully saturated rings. The first-order valence-electron chi connectivity index (χ1n) is 7.81. The summed E-state index contributed by atoms with van der Waals surface area (Å²) in [7, 11) is 0. The molecule has 3 aliphatic rings. The molecule has 6 heteroatoms. The molecular weight excluding hydrogens is 294 g/mol. The highest BCUT2D eigenvalue weighted by molar-refractivity contribution is 6.16. The molecule has 23 heavy (non-hydrogen) atoms. The van der Waals surface area contributed by atoms with Gasteiger partial charge in [0.2, 0.25) is 0 Å². The molecule has 6 nitrogen and oxygen atoms in total. The lowest BCUT2D eigenvalue weighted by atomic mass is 9.76. The molecule has 0 bridgehead atoms. The van der Waals surface area contributed by atoms with Crippen LogP contribution in [0.2, 0.25) is 0 Å². The Kier molecular flexibility index (Phi) is 2.48. The van der Waals surface area contributed by atoms with E-state index in [1.54, 1.807) is 0 Å². The molecule has 2 atom stereocenters. The minimum absolute atomic E-state index is 0.117. The molecule has 2 aromatic rings. The highest BCUT2D eigenvalue weighted by atomic mass is 16.6. The fourth-order valence-corrected chi connectivity index (χ4v) is 4.07. The van der Waals surface area contributed by atoms with Crippen LogP contribution in [0, 0.1) is 5.92 Å². The van der Waals surface area contributed by atoms with Crippen LogP contribution in [0.15, 0.2) is 39.1 Å². The van der Waals surface area contributed by atoms with Gasteiger partial charge in [0.1, 0.15) is 16.8 Å². The molecule has 5 rings (SSSR count). The van der Waals surface area contributed by atoms with Crippen molar-refractivity contribution in [1.29, 1.82) is 0 Å². The molecule has 1 saturated carbocycles. The van der Waals surface area contributed by atoms with E-state index in [0.717, 1.165) is 22.5 Å². The number of allylic oxidation sites excluding steroid dienone is 2. The van der Waals surface area contributed by atoms with E-state index in [4.69, 9.17) is 4.63 Å². The summed E-state index contributed by atoms with van der Waals surface area (Å²) in [4.78, 5) is 29.5. The van der Waals surface area contributed by atoms with Crippen molar-refractivity contribution in [2.24, 2.45) is 10.9 Å². The van der Waals surface area contributed by atoms with E-state index in [1.165, 1.54) is 0 Å². The van der Waals surface area contributed by atoms with Gasteiger partial charge in [0.15, 0.2) is 5.78 Å². The Morgan fingerprint density at radius 1 is 0.957 bits per heavy atom. The smallest absolute Gasteiger partial charge is 0.161 e. The first-order valence-corrected chi connectivity index (χ1v) is 7.81. The number of benzene rings is 1. The SMILES string of the molecule is O=C1CCC2=C1C(c1ccc3nonc3c1)C1C(=O)CCC1=N2. The molecule has 2 aliphatic carbocycles. The van der Waals surface area contributed by atoms with E-state index in [9.17, 15) is 9.59 Å². The maximum Gasteiger partial charge on any atom is 0.161 e. The third-order valence-corrected chi connectivity index (χ3v) is 5.09. The van der Waals surface area contributed by atoms with Crippen molar-refractivity contribution in [3.8, 4) is 0 Å². The number of carbonyl (C=O) groups excluding carboxylic acids is 2. The van der Waals surface area contributed by atoms with Crippen molar-refractivity contribution in [1.82, 2.24) is 10.3 Å². The molecular formula is C17H13N3O3. The van der Waals surface area contributed by atoms with Gasteiger partial charge in [-0.05, 0) is 40.9 Å². The van der Waals surface area contributed by atoms with Crippen LogP contribution in [-0.2, 0) is 9.59 Å².